The lowest BCUT2D eigenvalue weighted by atomic mass is 9.91. The van der Waals surface area contributed by atoms with Gasteiger partial charge in [0.2, 0.25) is 0 Å². The summed E-state index contributed by atoms with van der Waals surface area (Å²) in [4.78, 5) is 34.8. The fourth-order valence-corrected chi connectivity index (χ4v) is 6.27. The zero-order valence-corrected chi connectivity index (χ0v) is 28.0. The van der Waals surface area contributed by atoms with Gasteiger partial charge < -0.3 is 19.1 Å². The second kappa shape index (κ2) is 15.3. The van der Waals surface area contributed by atoms with Crippen molar-refractivity contribution in [3.8, 4) is 17.6 Å². The Bertz CT molecular complexity index is 1560. The molecule has 248 valence electrons. The number of methoxy groups -OCH3 is 1. The number of nitriles is 1. The second-order valence-electron chi connectivity index (χ2n) is 13.2. The Morgan fingerprint density at radius 1 is 1.04 bits per heavy atom. The zero-order valence-electron chi connectivity index (χ0n) is 28.0. The van der Waals surface area contributed by atoms with Gasteiger partial charge in [-0.15, -0.1) is 0 Å². The number of hydrogen-bond donors (Lipinski definition) is 0. The minimum atomic E-state index is -0.766. The molecule has 1 aliphatic carbocycles. The van der Waals surface area contributed by atoms with Crippen LogP contribution >= 0.6 is 0 Å². The number of rotatable bonds is 14. The van der Waals surface area contributed by atoms with E-state index in [0.717, 1.165) is 55.8 Å². The monoisotopic (exact) mass is 638 g/mol. The van der Waals surface area contributed by atoms with Crippen LogP contribution in [0.15, 0.2) is 66.9 Å². The number of ether oxygens (including phenoxy) is 3. The molecule has 9 heteroatoms. The highest BCUT2D eigenvalue weighted by Gasteiger charge is 2.35. The summed E-state index contributed by atoms with van der Waals surface area (Å²) in [5.74, 6) is 2.72. The van der Waals surface area contributed by atoms with Gasteiger partial charge in [0, 0.05) is 31.9 Å². The van der Waals surface area contributed by atoms with Crippen molar-refractivity contribution in [2.24, 2.45) is 17.3 Å². The molecule has 1 atom stereocenters. The molecule has 3 aromatic rings. The van der Waals surface area contributed by atoms with Gasteiger partial charge in [0.25, 0.3) is 5.91 Å². The largest absolute Gasteiger partial charge is 0.497 e. The van der Waals surface area contributed by atoms with Crippen LogP contribution in [0.25, 0.3) is 0 Å². The van der Waals surface area contributed by atoms with Gasteiger partial charge >= 0.3 is 5.97 Å². The van der Waals surface area contributed by atoms with E-state index in [-0.39, 0.29) is 24.3 Å². The SMILES string of the molecule is CCOC(=O)CC(c1cccc(OCC2CCN(c3cc(OC)ccc3C(=O)N(CC(C)(C)C#N)c3ccccn3)CC2)c1)C1CC1. The number of pyridine rings is 1. The zero-order chi connectivity index (χ0) is 33.4. The van der Waals surface area contributed by atoms with Crippen LogP contribution in [0, 0.1) is 28.6 Å². The minimum Gasteiger partial charge on any atom is -0.497 e. The summed E-state index contributed by atoms with van der Waals surface area (Å²) in [5.41, 5.74) is 1.73. The maximum absolute atomic E-state index is 14.2. The first-order chi connectivity index (χ1) is 22.7. The third kappa shape index (κ3) is 8.82. The van der Waals surface area contributed by atoms with Crippen LogP contribution in [-0.2, 0) is 9.53 Å². The Morgan fingerprint density at radius 2 is 1.83 bits per heavy atom. The van der Waals surface area contributed by atoms with E-state index >= 15 is 0 Å². The molecule has 1 aromatic heterocycles. The number of carbonyl (C=O) groups is 2. The number of piperidine rings is 1. The highest BCUT2D eigenvalue weighted by atomic mass is 16.5. The third-order valence-electron chi connectivity index (χ3n) is 9.07. The van der Waals surface area contributed by atoms with Gasteiger partial charge in [-0.3, -0.25) is 14.5 Å². The molecule has 1 saturated heterocycles. The van der Waals surface area contributed by atoms with Crippen molar-refractivity contribution in [3.05, 3.63) is 78.0 Å². The second-order valence-corrected chi connectivity index (χ2v) is 13.2. The molecule has 9 nitrogen and oxygen atoms in total. The molecule has 1 unspecified atom stereocenters. The van der Waals surface area contributed by atoms with Gasteiger partial charge in [-0.05, 0) is 106 Å². The van der Waals surface area contributed by atoms with E-state index in [2.05, 4.69) is 28.1 Å². The Balaban J connectivity index is 1.26. The lowest BCUT2D eigenvalue weighted by Crippen LogP contribution is -2.41. The molecule has 47 heavy (non-hydrogen) atoms. The van der Waals surface area contributed by atoms with E-state index in [4.69, 9.17) is 14.2 Å². The van der Waals surface area contributed by atoms with Crippen molar-refractivity contribution < 1.29 is 23.8 Å². The molecule has 2 heterocycles. The van der Waals surface area contributed by atoms with E-state index in [1.165, 1.54) is 0 Å². The van der Waals surface area contributed by atoms with Crippen LogP contribution in [0.1, 0.15) is 74.7 Å². The van der Waals surface area contributed by atoms with Crippen molar-refractivity contribution in [2.75, 3.05) is 49.8 Å². The van der Waals surface area contributed by atoms with E-state index < -0.39 is 5.41 Å². The molecule has 1 saturated carbocycles. The summed E-state index contributed by atoms with van der Waals surface area (Å²) in [6.07, 6.45) is 6.17. The number of benzene rings is 2. The lowest BCUT2D eigenvalue weighted by molar-refractivity contribution is -0.143. The molecule has 2 aromatic carbocycles. The number of amides is 1. The predicted octanol–water partition coefficient (Wildman–Crippen LogP) is 7.03. The third-order valence-corrected chi connectivity index (χ3v) is 9.07. The van der Waals surface area contributed by atoms with E-state index in [0.29, 0.717) is 48.6 Å². The number of carbonyl (C=O) groups excluding carboxylic acids is 2. The van der Waals surface area contributed by atoms with Gasteiger partial charge in [0.15, 0.2) is 0 Å². The Kier molecular flexibility index (Phi) is 11.0. The van der Waals surface area contributed by atoms with Crippen molar-refractivity contribution >= 4 is 23.4 Å². The first-order valence-corrected chi connectivity index (χ1v) is 16.7. The van der Waals surface area contributed by atoms with E-state index in [1.54, 1.807) is 30.3 Å². The predicted molar refractivity (Wildman–Crippen MR) is 182 cm³/mol. The van der Waals surface area contributed by atoms with Crippen LogP contribution in [0.5, 0.6) is 11.5 Å². The topological polar surface area (TPSA) is 105 Å². The van der Waals surface area contributed by atoms with Crippen molar-refractivity contribution in [2.45, 2.75) is 58.8 Å². The van der Waals surface area contributed by atoms with Crippen LogP contribution < -0.4 is 19.3 Å². The molecule has 1 aliphatic heterocycles. The summed E-state index contributed by atoms with van der Waals surface area (Å²) in [5, 5.41) is 9.76. The number of aromatic nitrogens is 1. The first kappa shape index (κ1) is 33.8. The van der Waals surface area contributed by atoms with Crippen molar-refractivity contribution in [1.29, 1.82) is 5.26 Å². The Hall–Kier alpha value is -4.58. The number of hydrogen-bond acceptors (Lipinski definition) is 8. The van der Waals surface area contributed by atoms with Gasteiger partial charge in [-0.1, -0.05) is 18.2 Å². The van der Waals surface area contributed by atoms with E-state index in [9.17, 15) is 14.9 Å². The standard InChI is InChI=1S/C38H46N4O5/c1-5-46-36(43)23-33(28-12-13-28)29-9-8-10-31(21-29)47-24-27-16-19-41(20-17-27)34-22-30(45-4)14-15-32(34)37(44)42(26-38(2,3)25-39)35-11-6-7-18-40-35/h6-11,14-15,18,21-22,27-28,33H,5,12-13,16-17,19-20,23-24,26H2,1-4H3. The van der Waals surface area contributed by atoms with Crippen molar-refractivity contribution in [3.63, 3.8) is 0 Å². The number of esters is 1. The summed E-state index contributed by atoms with van der Waals surface area (Å²) < 4.78 is 17.1. The highest BCUT2D eigenvalue weighted by Crippen LogP contribution is 2.45. The first-order valence-electron chi connectivity index (χ1n) is 16.7. The summed E-state index contributed by atoms with van der Waals surface area (Å²) in [6.45, 7) is 8.22. The molecule has 1 amide bonds. The molecule has 5 rings (SSSR count). The summed E-state index contributed by atoms with van der Waals surface area (Å²) >= 11 is 0. The summed E-state index contributed by atoms with van der Waals surface area (Å²) in [6, 6.07) is 21.5. The van der Waals surface area contributed by atoms with Crippen LogP contribution in [0.2, 0.25) is 0 Å². The molecular weight excluding hydrogens is 592 g/mol. The van der Waals surface area contributed by atoms with Gasteiger partial charge in [0.05, 0.1) is 49.5 Å². The van der Waals surface area contributed by atoms with E-state index in [1.807, 2.05) is 57.2 Å². The van der Waals surface area contributed by atoms with Gasteiger partial charge in [0.1, 0.15) is 17.3 Å². The van der Waals surface area contributed by atoms with Gasteiger partial charge in [-0.2, -0.15) is 5.26 Å². The highest BCUT2D eigenvalue weighted by molar-refractivity contribution is 6.09. The fraction of sp³-hybridized carbons (Fsp3) is 0.474. The quantitative estimate of drug-likeness (QED) is 0.173. The number of anilines is 2. The number of nitrogens with zero attached hydrogens (tertiary/aromatic N) is 4. The van der Waals surface area contributed by atoms with Crippen LogP contribution in [0.3, 0.4) is 0 Å². The smallest absolute Gasteiger partial charge is 0.306 e. The minimum absolute atomic E-state index is 0.140. The van der Waals surface area contributed by atoms with Crippen molar-refractivity contribution in [1.82, 2.24) is 4.98 Å². The molecule has 0 bridgehead atoms. The Labute approximate surface area is 278 Å². The molecule has 0 N–H and O–H groups in total. The average Bonchev–Trinajstić information content (AvgIpc) is 3.95. The van der Waals surface area contributed by atoms with Gasteiger partial charge in [-0.25, -0.2) is 4.98 Å². The molecule has 2 aliphatic rings. The maximum Gasteiger partial charge on any atom is 0.306 e. The maximum atomic E-state index is 14.2. The average molecular weight is 639 g/mol. The lowest BCUT2D eigenvalue weighted by Gasteiger charge is -2.35. The molecular formula is C38H46N4O5. The molecule has 0 radical (unpaired) electrons. The van der Waals surface area contributed by atoms with Crippen LogP contribution in [-0.4, -0.2) is 56.8 Å². The molecule has 0 spiro atoms. The normalized spacial score (nSPS) is 15.8. The summed E-state index contributed by atoms with van der Waals surface area (Å²) in [7, 11) is 1.62. The van der Waals surface area contributed by atoms with Crippen LogP contribution in [0.4, 0.5) is 11.5 Å². The molecule has 2 fully saturated rings. The fourth-order valence-electron chi connectivity index (χ4n) is 6.27. The Morgan fingerprint density at radius 3 is 2.49 bits per heavy atom.